The molecule has 1 spiro atoms. The van der Waals surface area contributed by atoms with Gasteiger partial charge in [0.1, 0.15) is 5.52 Å². The van der Waals surface area contributed by atoms with Gasteiger partial charge in [-0.1, -0.05) is 12.1 Å². The zero-order valence-electron chi connectivity index (χ0n) is 10.4. The Balaban J connectivity index is 1.65. The van der Waals surface area contributed by atoms with Crippen molar-refractivity contribution in [2.45, 2.75) is 25.2 Å². The standard InChI is InChI=1S/C14H14F2N2O/c15-14(16)8-13(14)6-3-7-18(9-13)12-17-10-4-1-2-5-11(10)19-12/h1-2,4-5H,3,6-9H2. The molecule has 1 aliphatic carbocycles. The Morgan fingerprint density at radius 1 is 1.26 bits per heavy atom. The Labute approximate surface area is 109 Å². The maximum absolute atomic E-state index is 13.5. The van der Waals surface area contributed by atoms with Gasteiger partial charge in [0.2, 0.25) is 0 Å². The summed E-state index contributed by atoms with van der Waals surface area (Å²) in [6, 6.07) is 7.96. The average molecular weight is 264 g/mol. The molecule has 0 amide bonds. The lowest BCUT2D eigenvalue weighted by Gasteiger charge is -2.31. The van der Waals surface area contributed by atoms with Gasteiger partial charge in [0.05, 0.1) is 5.41 Å². The molecule has 0 N–H and O–H groups in total. The molecule has 4 rings (SSSR count). The fraction of sp³-hybridized carbons (Fsp3) is 0.500. The number of benzene rings is 1. The number of oxazole rings is 1. The number of rotatable bonds is 1. The molecule has 2 heterocycles. The summed E-state index contributed by atoms with van der Waals surface area (Å²) in [5.74, 6) is -2.50. The molecule has 0 bridgehead atoms. The van der Waals surface area contributed by atoms with E-state index in [4.69, 9.17) is 4.42 Å². The van der Waals surface area contributed by atoms with Gasteiger partial charge in [-0.2, -0.15) is 4.98 Å². The van der Waals surface area contributed by atoms with Crippen LogP contribution in [0.4, 0.5) is 14.8 Å². The van der Waals surface area contributed by atoms with E-state index >= 15 is 0 Å². The van der Waals surface area contributed by atoms with Crippen LogP contribution < -0.4 is 4.90 Å². The normalized spacial score (nSPS) is 29.1. The zero-order chi connectivity index (χ0) is 13.1. The molecule has 1 aromatic carbocycles. The SMILES string of the molecule is FC1(F)CC12CCCN(c1nc3ccccc3o1)C2. The summed E-state index contributed by atoms with van der Waals surface area (Å²) >= 11 is 0. The van der Waals surface area contributed by atoms with Gasteiger partial charge >= 0.3 is 0 Å². The third-order valence-corrected chi connectivity index (χ3v) is 4.34. The van der Waals surface area contributed by atoms with Crippen LogP contribution in [0.3, 0.4) is 0 Å². The van der Waals surface area contributed by atoms with Crippen molar-refractivity contribution in [3.63, 3.8) is 0 Å². The number of anilines is 1. The van der Waals surface area contributed by atoms with Gasteiger partial charge in [-0.05, 0) is 25.0 Å². The van der Waals surface area contributed by atoms with Crippen molar-refractivity contribution < 1.29 is 13.2 Å². The van der Waals surface area contributed by atoms with Gasteiger partial charge in [-0.3, -0.25) is 0 Å². The fourth-order valence-corrected chi connectivity index (χ4v) is 3.11. The Morgan fingerprint density at radius 2 is 2.05 bits per heavy atom. The molecule has 1 aliphatic heterocycles. The minimum Gasteiger partial charge on any atom is -0.423 e. The maximum Gasteiger partial charge on any atom is 0.298 e. The van der Waals surface area contributed by atoms with Gasteiger partial charge in [0.15, 0.2) is 5.58 Å². The van der Waals surface area contributed by atoms with Crippen LogP contribution in [0.15, 0.2) is 28.7 Å². The number of aromatic nitrogens is 1. The van der Waals surface area contributed by atoms with Crippen molar-refractivity contribution in [1.82, 2.24) is 4.98 Å². The Hall–Kier alpha value is -1.65. The van der Waals surface area contributed by atoms with E-state index in [2.05, 4.69) is 4.98 Å². The number of alkyl halides is 2. The van der Waals surface area contributed by atoms with E-state index in [1.807, 2.05) is 29.2 Å². The lowest BCUT2D eigenvalue weighted by molar-refractivity contribution is 0.0570. The number of piperidine rings is 1. The molecule has 2 aromatic rings. The van der Waals surface area contributed by atoms with Gasteiger partial charge in [0, 0.05) is 19.5 Å². The highest BCUT2D eigenvalue weighted by Gasteiger charge is 2.71. The maximum atomic E-state index is 13.5. The van der Waals surface area contributed by atoms with Crippen molar-refractivity contribution >= 4 is 17.1 Å². The van der Waals surface area contributed by atoms with Crippen LogP contribution >= 0.6 is 0 Å². The summed E-state index contributed by atoms with van der Waals surface area (Å²) in [5.41, 5.74) is 0.658. The first-order valence-corrected chi connectivity index (χ1v) is 6.58. The molecule has 0 radical (unpaired) electrons. The predicted octanol–water partition coefficient (Wildman–Crippen LogP) is 3.45. The van der Waals surface area contributed by atoms with E-state index in [0.717, 1.165) is 18.5 Å². The lowest BCUT2D eigenvalue weighted by atomic mass is 9.94. The van der Waals surface area contributed by atoms with Crippen molar-refractivity contribution in [3.05, 3.63) is 24.3 Å². The molecular formula is C14H14F2N2O. The number of hydrogen-bond acceptors (Lipinski definition) is 3. The summed E-state index contributed by atoms with van der Waals surface area (Å²) in [4.78, 5) is 6.26. The summed E-state index contributed by atoms with van der Waals surface area (Å²) in [6.07, 6.45) is 1.39. The molecule has 100 valence electrons. The van der Waals surface area contributed by atoms with E-state index in [0.29, 0.717) is 24.6 Å². The van der Waals surface area contributed by atoms with Crippen LogP contribution in [0.2, 0.25) is 0 Å². The summed E-state index contributed by atoms with van der Waals surface area (Å²) in [7, 11) is 0. The number of fused-ring (bicyclic) bond motifs is 1. The summed E-state index contributed by atoms with van der Waals surface area (Å²) in [5, 5.41) is 0. The van der Waals surface area contributed by atoms with E-state index in [-0.39, 0.29) is 6.42 Å². The van der Waals surface area contributed by atoms with Gasteiger partial charge < -0.3 is 9.32 Å². The smallest absolute Gasteiger partial charge is 0.298 e. The third-order valence-electron chi connectivity index (χ3n) is 4.34. The molecule has 1 saturated heterocycles. The average Bonchev–Trinajstić information content (AvgIpc) is 2.77. The van der Waals surface area contributed by atoms with Crippen LogP contribution in [-0.4, -0.2) is 24.0 Å². The predicted molar refractivity (Wildman–Crippen MR) is 67.5 cm³/mol. The first kappa shape index (κ1) is 11.2. The van der Waals surface area contributed by atoms with Gasteiger partial charge in [-0.15, -0.1) is 0 Å². The molecule has 1 saturated carbocycles. The molecule has 3 nitrogen and oxygen atoms in total. The van der Waals surface area contributed by atoms with Crippen LogP contribution in [0, 0.1) is 5.41 Å². The highest BCUT2D eigenvalue weighted by atomic mass is 19.3. The molecule has 1 unspecified atom stereocenters. The Bertz CT molecular complexity index is 606. The van der Waals surface area contributed by atoms with Gasteiger partial charge in [0.25, 0.3) is 11.9 Å². The van der Waals surface area contributed by atoms with Crippen LogP contribution in [0.1, 0.15) is 19.3 Å². The molecule has 1 atom stereocenters. The van der Waals surface area contributed by atoms with Crippen LogP contribution in [-0.2, 0) is 0 Å². The topological polar surface area (TPSA) is 29.3 Å². The van der Waals surface area contributed by atoms with Crippen molar-refractivity contribution in [2.24, 2.45) is 5.41 Å². The van der Waals surface area contributed by atoms with E-state index in [9.17, 15) is 8.78 Å². The van der Waals surface area contributed by atoms with E-state index < -0.39 is 11.3 Å². The molecule has 5 heteroatoms. The van der Waals surface area contributed by atoms with Crippen LogP contribution in [0.25, 0.3) is 11.1 Å². The second-order valence-corrected chi connectivity index (χ2v) is 5.65. The highest BCUT2D eigenvalue weighted by molar-refractivity contribution is 5.74. The number of para-hydroxylation sites is 2. The van der Waals surface area contributed by atoms with E-state index in [1.54, 1.807) is 0 Å². The largest absolute Gasteiger partial charge is 0.423 e. The summed E-state index contributed by atoms with van der Waals surface area (Å²) in [6.45, 7) is 1.09. The molecular weight excluding hydrogens is 250 g/mol. The quantitative estimate of drug-likeness (QED) is 0.790. The summed E-state index contributed by atoms with van der Waals surface area (Å²) < 4.78 is 32.6. The monoisotopic (exact) mass is 264 g/mol. The van der Waals surface area contributed by atoms with Crippen LogP contribution in [0.5, 0.6) is 0 Å². The third kappa shape index (κ3) is 1.57. The first-order valence-electron chi connectivity index (χ1n) is 6.58. The number of nitrogens with zero attached hydrogens (tertiary/aromatic N) is 2. The van der Waals surface area contributed by atoms with E-state index in [1.165, 1.54) is 0 Å². The molecule has 2 fully saturated rings. The van der Waals surface area contributed by atoms with Crippen molar-refractivity contribution in [3.8, 4) is 0 Å². The Morgan fingerprint density at radius 3 is 2.79 bits per heavy atom. The Kier molecular flexibility index (Phi) is 2.04. The second kappa shape index (κ2) is 3.46. The molecule has 2 aliphatic rings. The molecule has 19 heavy (non-hydrogen) atoms. The fourth-order valence-electron chi connectivity index (χ4n) is 3.11. The van der Waals surface area contributed by atoms with Crippen molar-refractivity contribution in [1.29, 1.82) is 0 Å². The van der Waals surface area contributed by atoms with Gasteiger partial charge in [-0.25, -0.2) is 8.78 Å². The highest BCUT2D eigenvalue weighted by Crippen LogP contribution is 2.64. The zero-order valence-corrected chi connectivity index (χ0v) is 10.4. The second-order valence-electron chi connectivity index (χ2n) is 5.65. The minimum atomic E-state index is -2.50. The number of hydrogen-bond donors (Lipinski definition) is 0. The number of halogens is 2. The minimum absolute atomic E-state index is 0.0106. The first-order chi connectivity index (χ1) is 9.10. The lowest BCUT2D eigenvalue weighted by Crippen LogP contribution is -2.39. The molecule has 1 aromatic heterocycles. The van der Waals surface area contributed by atoms with Crippen molar-refractivity contribution in [2.75, 3.05) is 18.0 Å².